The maximum Gasteiger partial charge on any atom is 0.116 e. The van der Waals surface area contributed by atoms with Crippen LogP contribution in [0, 0.1) is 11.8 Å². The van der Waals surface area contributed by atoms with Crippen LogP contribution in [0.4, 0.5) is 0 Å². The molecule has 0 bridgehead atoms. The van der Waals surface area contributed by atoms with Gasteiger partial charge in [-0.15, -0.1) is 0 Å². The topological polar surface area (TPSA) is 43.7 Å². The van der Waals surface area contributed by atoms with Crippen molar-refractivity contribution >= 4 is 11.1 Å². The largest absolute Gasteiger partial charge is 0.508 e. The van der Waals surface area contributed by atoms with Crippen LogP contribution in [0.2, 0.25) is 0 Å². The molecule has 2 aliphatic carbocycles. The number of aromatic hydroxyl groups is 1. The van der Waals surface area contributed by atoms with E-state index in [1.165, 1.54) is 54.6 Å². The van der Waals surface area contributed by atoms with E-state index in [4.69, 9.17) is 0 Å². The van der Waals surface area contributed by atoms with Crippen molar-refractivity contribution < 1.29 is 10.2 Å². The fourth-order valence-electron chi connectivity index (χ4n) is 5.60. The maximum absolute atomic E-state index is 10.3. The van der Waals surface area contributed by atoms with Crippen LogP contribution >= 0.6 is 0 Å². The average molecular weight is 442 g/mol. The Hall–Kier alpha value is -2.62. The molecule has 0 radical (unpaired) electrons. The molecule has 1 heterocycles. The first-order valence-corrected chi connectivity index (χ1v) is 12.5. The monoisotopic (exact) mass is 441 g/mol. The fourth-order valence-corrected chi connectivity index (χ4v) is 5.60. The Kier molecular flexibility index (Phi) is 6.80. The summed E-state index contributed by atoms with van der Waals surface area (Å²) in [5.41, 5.74) is 6.30. The van der Waals surface area contributed by atoms with Crippen LogP contribution in [0.15, 0.2) is 78.4 Å². The third-order valence-electron chi connectivity index (χ3n) is 7.44. The van der Waals surface area contributed by atoms with Crippen molar-refractivity contribution in [1.82, 2.24) is 4.90 Å². The van der Waals surface area contributed by atoms with Crippen LogP contribution in [0.1, 0.15) is 49.7 Å². The van der Waals surface area contributed by atoms with E-state index in [-0.39, 0.29) is 12.5 Å². The minimum atomic E-state index is 0.174. The standard InChI is InChI=1S/C30H35NO2/c32-19-5-10-29(23-6-2-1-3-7-23)30(25-8-4-9-28(33)20-25)24-13-11-22(12-14-24)26-17-18-31(21-26)27-15-16-27/h1-4,6-9,11-13,20,24,26-27,32-33H,5,10,14-19,21H2/b30-29+. The summed E-state index contributed by atoms with van der Waals surface area (Å²) in [6.07, 6.45) is 13.8. The Morgan fingerprint density at radius 1 is 0.970 bits per heavy atom. The number of phenolic OH excluding ortho intramolecular Hbond substituents is 1. The first-order valence-electron chi connectivity index (χ1n) is 12.5. The molecule has 33 heavy (non-hydrogen) atoms. The van der Waals surface area contributed by atoms with E-state index >= 15 is 0 Å². The molecule has 2 unspecified atom stereocenters. The van der Waals surface area contributed by atoms with Gasteiger partial charge in [0.2, 0.25) is 0 Å². The number of allylic oxidation sites excluding steroid dienone is 5. The van der Waals surface area contributed by atoms with E-state index in [1.807, 2.05) is 18.2 Å². The molecule has 1 aliphatic heterocycles. The first kappa shape index (κ1) is 22.2. The summed E-state index contributed by atoms with van der Waals surface area (Å²) < 4.78 is 0. The zero-order valence-electron chi connectivity index (χ0n) is 19.4. The van der Waals surface area contributed by atoms with E-state index < -0.39 is 0 Å². The second kappa shape index (κ2) is 10.1. The summed E-state index contributed by atoms with van der Waals surface area (Å²) in [4.78, 5) is 2.69. The lowest BCUT2D eigenvalue weighted by Crippen LogP contribution is -2.23. The van der Waals surface area contributed by atoms with Crippen LogP contribution < -0.4 is 0 Å². The smallest absolute Gasteiger partial charge is 0.116 e. The predicted molar refractivity (Wildman–Crippen MR) is 136 cm³/mol. The van der Waals surface area contributed by atoms with Gasteiger partial charge < -0.3 is 10.2 Å². The van der Waals surface area contributed by atoms with E-state index in [9.17, 15) is 10.2 Å². The van der Waals surface area contributed by atoms with Gasteiger partial charge in [0.1, 0.15) is 5.75 Å². The van der Waals surface area contributed by atoms with Gasteiger partial charge in [0, 0.05) is 25.1 Å². The predicted octanol–water partition coefficient (Wildman–Crippen LogP) is 6.06. The van der Waals surface area contributed by atoms with Crippen molar-refractivity contribution in [3.8, 4) is 5.75 Å². The Morgan fingerprint density at radius 3 is 2.48 bits per heavy atom. The minimum absolute atomic E-state index is 0.174. The summed E-state index contributed by atoms with van der Waals surface area (Å²) in [7, 11) is 0. The zero-order valence-corrected chi connectivity index (χ0v) is 19.4. The van der Waals surface area contributed by atoms with Gasteiger partial charge in [0.05, 0.1) is 0 Å². The third kappa shape index (κ3) is 5.15. The van der Waals surface area contributed by atoms with Crippen molar-refractivity contribution in [3.63, 3.8) is 0 Å². The number of benzene rings is 2. The molecule has 1 saturated carbocycles. The first-order chi connectivity index (χ1) is 16.2. The van der Waals surface area contributed by atoms with Gasteiger partial charge in [-0.25, -0.2) is 0 Å². The lowest BCUT2D eigenvalue weighted by molar-refractivity contribution is 0.290. The van der Waals surface area contributed by atoms with E-state index in [2.05, 4.69) is 53.5 Å². The van der Waals surface area contributed by atoms with Crippen molar-refractivity contribution in [2.75, 3.05) is 19.7 Å². The number of likely N-dealkylation sites (tertiary alicyclic amines) is 1. The highest BCUT2D eigenvalue weighted by Crippen LogP contribution is 2.42. The van der Waals surface area contributed by atoms with Crippen molar-refractivity contribution in [2.45, 2.75) is 44.6 Å². The molecule has 0 aromatic heterocycles. The highest BCUT2D eigenvalue weighted by Gasteiger charge is 2.35. The quantitative estimate of drug-likeness (QED) is 0.489. The maximum atomic E-state index is 10.3. The Labute approximate surface area is 197 Å². The molecule has 2 aromatic rings. The molecule has 0 amide bonds. The molecule has 3 heteroatoms. The summed E-state index contributed by atoms with van der Waals surface area (Å²) >= 11 is 0. The Balaban J connectivity index is 1.47. The molecule has 1 saturated heterocycles. The van der Waals surface area contributed by atoms with Crippen LogP contribution in [0.25, 0.3) is 11.1 Å². The van der Waals surface area contributed by atoms with Gasteiger partial charge in [-0.05, 0) is 91.0 Å². The molecule has 2 fully saturated rings. The number of aliphatic hydroxyl groups is 1. The van der Waals surface area contributed by atoms with Crippen LogP contribution in [-0.4, -0.2) is 40.9 Å². The Morgan fingerprint density at radius 2 is 1.79 bits per heavy atom. The molecule has 3 nitrogen and oxygen atoms in total. The highest BCUT2D eigenvalue weighted by molar-refractivity contribution is 5.93. The van der Waals surface area contributed by atoms with Gasteiger partial charge in [-0.1, -0.05) is 60.7 Å². The van der Waals surface area contributed by atoms with Gasteiger partial charge >= 0.3 is 0 Å². The summed E-state index contributed by atoms with van der Waals surface area (Å²) in [5.74, 6) is 1.21. The number of hydrogen-bond donors (Lipinski definition) is 2. The van der Waals surface area contributed by atoms with Gasteiger partial charge in [0.25, 0.3) is 0 Å². The van der Waals surface area contributed by atoms with E-state index in [0.717, 1.165) is 30.9 Å². The summed E-state index contributed by atoms with van der Waals surface area (Å²) in [6, 6.07) is 19.0. The van der Waals surface area contributed by atoms with E-state index in [1.54, 1.807) is 6.07 Å². The number of phenols is 1. The minimum Gasteiger partial charge on any atom is -0.508 e. The van der Waals surface area contributed by atoms with Crippen molar-refractivity contribution in [3.05, 3.63) is 89.5 Å². The summed E-state index contributed by atoms with van der Waals surface area (Å²) in [6.45, 7) is 2.64. The summed E-state index contributed by atoms with van der Waals surface area (Å²) in [5, 5.41) is 19.9. The van der Waals surface area contributed by atoms with Crippen LogP contribution in [0.3, 0.4) is 0 Å². The third-order valence-corrected chi connectivity index (χ3v) is 7.44. The average Bonchev–Trinajstić information content (AvgIpc) is 3.59. The number of rotatable bonds is 8. The molecule has 172 valence electrons. The molecule has 2 N–H and O–H groups in total. The lowest BCUT2D eigenvalue weighted by Gasteiger charge is -2.26. The zero-order chi connectivity index (χ0) is 22.6. The molecule has 5 rings (SSSR count). The van der Waals surface area contributed by atoms with Crippen LogP contribution in [0.5, 0.6) is 5.75 Å². The highest BCUT2D eigenvalue weighted by atomic mass is 16.3. The number of hydrogen-bond acceptors (Lipinski definition) is 3. The van der Waals surface area contributed by atoms with Crippen molar-refractivity contribution in [2.24, 2.45) is 11.8 Å². The molecule has 0 spiro atoms. The molecule has 2 atom stereocenters. The molecule has 3 aliphatic rings. The molecular weight excluding hydrogens is 406 g/mol. The second-order valence-electron chi connectivity index (χ2n) is 9.75. The second-order valence-corrected chi connectivity index (χ2v) is 9.75. The Bertz CT molecular complexity index is 1050. The van der Waals surface area contributed by atoms with Gasteiger partial charge in [-0.3, -0.25) is 4.90 Å². The normalized spacial score (nSPS) is 24.0. The fraction of sp³-hybridized carbons (Fsp3) is 0.400. The van der Waals surface area contributed by atoms with Crippen molar-refractivity contribution in [1.29, 1.82) is 0 Å². The van der Waals surface area contributed by atoms with Gasteiger partial charge in [0.15, 0.2) is 0 Å². The van der Waals surface area contributed by atoms with Gasteiger partial charge in [-0.2, -0.15) is 0 Å². The molecular formula is C30H35NO2. The molecule has 2 aromatic carbocycles. The number of aliphatic hydroxyl groups excluding tert-OH is 1. The van der Waals surface area contributed by atoms with E-state index in [0.29, 0.717) is 11.7 Å². The van der Waals surface area contributed by atoms with Crippen LogP contribution in [-0.2, 0) is 0 Å². The lowest BCUT2D eigenvalue weighted by atomic mass is 9.79. The SMILES string of the molecule is OCCC/C(=C(\c1cccc(O)c1)C1C=CC(C2CCN(C3CC3)C2)=CC1)c1ccccc1. The number of nitrogens with zero attached hydrogens (tertiary/aromatic N) is 1.